The van der Waals surface area contributed by atoms with E-state index in [9.17, 15) is 9.90 Å². The molecule has 1 aliphatic rings. The van der Waals surface area contributed by atoms with Crippen LogP contribution in [0.1, 0.15) is 10.4 Å². The van der Waals surface area contributed by atoms with Crippen LogP contribution in [0.3, 0.4) is 0 Å². The first-order valence-electron chi connectivity index (χ1n) is 11.1. The fraction of sp³-hybridized carbons (Fsp3) is 0.185. The first-order chi connectivity index (χ1) is 17.1. The normalized spacial score (nSPS) is 12.9. The Morgan fingerprint density at radius 2 is 1.80 bits per heavy atom. The lowest BCUT2D eigenvalue weighted by Crippen LogP contribution is -2.35. The number of carbonyl (C=O) groups excluding carboxylic acids is 1. The minimum atomic E-state index is -0.904. The van der Waals surface area contributed by atoms with Gasteiger partial charge in [0.25, 0.3) is 5.91 Å². The molecule has 1 unspecified atom stereocenters. The minimum Gasteiger partial charge on any atom is -0.497 e. The van der Waals surface area contributed by atoms with E-state index in [1.807, 2.05) is 48.5 Å². The highest BCUT2D eigenvalue weighted by Crippen LogP contribution is 2.35. The van der Waals surface area contributed by atoms with Gasteiger partial charge >= 0.3 is 0 Å². The zero-order chi connectivity index (χ0) is 24.2. The lowest BCUT2D eigenvalue weighted by atomic mass is 10.0. The minimum absolute atomic E-state index is 0.00805. The predicted molar refractivity (Wildman–Crippen MR) is 130 cm³/mol. The number of benzene rings is 3. The van der Waals surface area contributed by atoms with E-state index in [1.165, 1.54) is 0 Å². The van der Waals surface area contributed by atoms with Gasteiger partial charge in [-0.1, -0.05) is 18.2 Å². The number of aromatic nitrogens is 1. The average molecular weight is 472 g/mol. The molecular weight excluding hydrogens is 448 g/mol. The molecule has 0 bridgehead atoms. The summed E-state index contributed by atoms with van der Waals surface area (Å²) in [7, 11) is 1.61. The van der Waals surface area contributed by atoms with Crippen LogP contribution in [0.15, 0.2) is 72.8 Å². The molecule has 35 heavy (non-hydrogen) atoms. The van der Waals surface area contributed by atoms with E-state index in [0.29, 0.717) is 34.0 Å². The van der Waals surface area contributed by atoms with Gasteiger partial charge in [0.1, 0.15) is 24.2 Å². The highest BCUT2D eigenvalue weighted by molar-refractivity contribution is 6.07. The molecule has 0 saturated carbocycles. The molecule has 0 fully saturated rings. The van der Waals surface area contributed by atoms with Crippen LogP contribution < -0.4 is 24.3 Å². The van der Waals surface area contributed by atoms with Crippen molar-refractivity contribution < 1.29 is 28.8 Å². The summed E-state index contributed by atoms with van der Waals surface area (Å²) in [6.07, 6.45) is -0.904. The Kier molecular flexibility index (Phi) is 6.36. The van der Waals surface area contributed by atoms with Crippen molar-refractivity contribution in [1.29, 1.82) is 0 Å². The van der Waals surface area contributed by atoms with Gasteiger partial charge < -0.3 is 29.4 Å². The molecular formula is C27H24N2O6. The molecule has 0 saturated heterocycles. The quantitative estimate of drug-likeness (QED) is 0.402. The molecule has 5 rings (SSSR count). The lowest BCUT2D eigenvalue weighted by molar-refractivity contribution is 0.0844. The van der Waals surface area contributed by atoms with Crippen molar-refractivity contribution in [2.75, 3.05) is 27.1 Å². The van der Waals surface area contributed by atoms with Crippen molar-refractivity contribution in [2.45, 2.75) is 6.10 Å². The molecule has 1 aromatic heterocycles. The van der Waals surface area contributed by atoms with Crippen molar-refractivity contribution in [3.8, 4) is 34.3 Å². The van der Waals surface area contributed by atoms with Gasteiger partial charge in [-0.15, -0.1) is 0 Å². The molecule has 3 aromatic carbocycles. The third-order valence-corrected chi connectivity index (χ3v) is 5.63. The number of hydrogen-bond donors (Lipinski definition) is 2. The number of rotatable bonds is 8. The van der Waals surface area contributed by atoms with Crippen LogP contribution >= 0.6 is 0 Å². The second kappa shape index (κ2) is 9.90. The standard InChI is InChI=1S/C27H24N2O6/c1-32-19-8-6-17(7-9-19)24-13-22(21-4-2-3-5-23(21)29-24)27(31)28-14-18(30)15-33-20-10-11-25-26(12-20)35-16-34-25/h2-13,18,30H,14-16H2,1H3,(H,28,31). The monoisotopic (exact) mass is 472 g/mol. The van der Waals surface area contributed by atoms with Crippen molar-refractivity contribution >= 4 is 16.8 Å². The molecule has 2 N–H and O–H groups in total. The van der Waals surface area contributed by atoms with Gasteiger partial charge in [0, 0.05) is 23.6 Å². The van der Waals surface area contributed by atoms with Crippen LogP contribution in [0.2, 0.25) is 0 Å². The van der Waals surface area contributed by atoms with E-state index in [4.69, 9.17) is 23.9 Å². The molecule has 1 aliphatic heterocycles. The number of aliphatic hydroxyl groups is 1. The number of carbonyl (C=O) groups is 1. The maximum absolute atomic E-state index is 13.1. The van der Waals surface area contributed by atoms with Gasteiger partial charge in [-0.25, -0.2) is 4.98 Å². The summed E-state index contributed by atoms with van der Waals surface area (Å²) in [6.45, 7) is 0.212. The van der Waals surface area contributed by atoms with Gasteiger partial charge in [-0.2, -0.15) is 0 Å². The molecule has 2 heterocycles. The molecule has 0 radical (unpaired) electrons. The number of hydrogen-bond acceptors (Lipinski definition) is 7. The third-order valence-electron chi connectivity index (χ3n) is 5.63. The van der Waals surface area contributed by atoms with Crippen LogP contribution in [-0.4, -0.2) is 49.2 Å². The molecule has 178 valence electrons. The van der Waals surface area contributed by atoms with Crippen LogP contribution in [0.5, 0.6) is 23.0 Å². The molecule has 8 heteroatoms. The van der Waals surface area contributed by atoms with Crippen molar-refractivity contribution in [2.24, 2.45) is 0 Å². The summed E-state index contributed by atoms with van der Waals surface area (Å²) < 4.78 is 21.5. The molecule has 0 spiro atoms. The van der Waals surface area contributed by atoms with E-state index in [-0.39, 0.29) is 25.9 Å². The molecule has 1 atom stereocenters. The summed E-state index contributed by atoms with van der Waals surface area (Å²) in [4.78, 5) is 17.8. The Labute approximate surface area is 202 Å². The Morgan fingerprint density at radius 1 is 1.03 bits per heavy atom. The number of fused-ring (bicyclic) bond motifs is 2. The molecule has 4 aromatic rings. The topological polar surface area (TPSA) is 99.1 Å². The SMILES string of the molecule is COc1ccc(-c2cc(C(=O)NCC(O)COc3ccc4c(c3)OCO4)c3ccccc3n2)cc1. The fourth-order valence-corrected chi connectivity index (χ4v) is 3.80. The first kappa shape index (κ1) is 22.5. The third kappa shape index (κ3) is 4.97. The number of amides is 1. The number of ether oxygens (including phenoxy) is 4. The maximum Gasteiger partial charge on any atom is 0.252 e. The number of para-hydroxylation sites is 1. The van der Waals surface area contributed by atoms with Gasteiger partial charge in [-0.05, 0) is 48.5 Å². The Balaban J connectivity index is 1.27. The van der Waals surface area contributed by atoms with Crippen molar-refractivity contribution in [3.63, 3.8) is 0 Å². The van der Waals surface area contributed by atoms with Gasteiger partial charge in [0.05, 0.1) is 23.9 Å². The fourth-order valence-electron chi connectivity index (χ4n) is 3.80. The van der Waals surface area contributed by atoms with Crippen LogP contribution in [-0.2, 0) is 0 Å². The summed E-state index contributed by atoms with van der Waals surface area (Å²) in [5, 5.41) is 13.9. The van der Waals surface area contributed by atoms with E-state index in [1.54, 1.807) is 31.4 Å². The van der Waals surface area contributed by atoms with Crippen molar-refractivity contribution in [3.05, 3.63) is 78.4 Å². The van der Waals surface area contributed by atoms with Gasteiger partial charge in [0.2, 0.25) is 6.79 Å². The largest absolute Gasteiger partial charge is 0.497 e. The number of methoxy groups -OCH3 is 1. The van der Waals surface area contributed by atoms with Crippen LogP contribution in [0.4, 0.5) is 0 Å². The highest BCUT2D eigenvalue weighted by Gasteiger charge is 2.17. The second-order valence-electron chi connectivity index (χ2n) is 7.99. The van der Waals surface area contributed by atoms with E-state index in [0.717, 1.165) is 16.7 Å². The summed E-state index contributed by atoms with van der Waals surface area (Å²) in [5.74, 6) is 2.24. The Hall–Kier alpha value is -4.30. The molecule has 1 amide bonds. The second-order valence-corrected chi connectivity index (χ2v) is 7.99. The highest BCUT2D eigenvalue weighted by atomic mass is 16.7. The first-order valence-corrected chi connectivity index (χ1v) is 11.1. The summed E-state index contributed by atoms with van der Waals surface area (Å²) in [6, 6.07) is 21.9. The maximum atomic E-state index is 13.1. The molecule has 8 nitrogen and oxygen atoms in total. The Bertz CT molecular complexity index is 1360. The van der Waals surface area contributed by atoms with Gasteiger partial charge in [0.15, 0.2) is 11.5 Å². The number of nitrogens with zero attached hydrogens (tertiary/aromatic N) is 1. The predicted octanol–water partition coefficient (Wildman–Crippen LogP) is 3.81. The van der Waals surface area contributed by atoms with Gasteiger partial charge in [-0.3, -0.25) is 4.79 Å². The lowest BCUT2D eigenvalue weighted by Gasteiger charge is -2.15. The van der Waals surface area contributed by atoms with Crippen LogP contribution in [0.25, 0.3) is 22.2 Å². The summed E-state index contributed by atoms with van der Waals surface area (Å²) in [5.41, 5.74) is 2.72. The summed E-state index contributed by atoms with van der Waals surface area (Å²) >= 11 is 0. The average Bonchev–Trinajstić information content (AvgIpc) is 3.38. The van der Waals surface area contributed by atoms with Crippen LogP contribution in [0, 0.1) is 0 Å². The number of aliphatic hydroxyl groups excluding tert-OH is 1. The van der Waals surface area contributed by atoms with E-state index < -0.39 is 6.10 Å². The van der Waals surface area contributed by atoms with E-state index in [2.05, 4.69) is 5.32 Å². The van der Waals surface area contributed by atoms with E-state index >= 15 is 0 Å². The smallest absolute Gasteiger partial charge is 0.252 e. The molecule has 0 aliphatic carbocycles. The Morgan fingerprint density at radius 3 is 2.63 bits per heavy atom. The van der Waals surface area contributed by atoms with Crippen molar-refractivity contribution in [1.82, 2.24) is 10.3 Å². The zero-order valence-corrected chi connectivity index (χ0v) is 19.1. The number of pyridine rings is 1. The zero-order valence-electron chi connectivity index (χ0n) is 19.1. The number of nitrogens with one attached hydrogen (secondary N) is 1.